The van der Waals surface area contributed by atoms with Crippen LogP contribution in [-0.4, -0.2) is 44.5 Å². The van der Waals surface area contributed by atoms with Crippen molar-refractivity contribution in [2.24, 2.45) is 0 Å². The largest absolute Gasteiger partial charge is 0.494 e. The first-order valence-corrected chi connectivity index (χ1v) is 12.7. The van der Waals surface area contributed by atoms with Gasteiger partial charge in [-0.25, -0.2) is 9.37 Å². The number of pyridine rings is 1. The minimum atomic E-state index is -4.86. The van der Waals surface area contributed by atoms with E-state index in [2.05, 4.69) is 4.98 Å². The van der Waals surface area contributed by atoms with Crippen molar-refractivity contribution in [3.8, 4) is 28.5 Å². The molecule has 1 atom stereocenters. The van der Waals surface area contributed by atoms with E-state index >= 15 is 0 Å². The first kappa shape index (κ1) is 28.0. The van der Waals surface area contributed by atoms with Gasteiger partial charge in [0, 0.05) is 17.5 Å². The Labute approximate surface area is 214 Å². The molecule has 2 aromatic carbocycles. The van der Waals surface area contributed by atoms with Gasteiger partial charge in [-0.3, -0.25) is 4.79 Å². The van der Waals surface area contributed by atoms with Gasteiger partial charge in [-0.05, 0) is 74.4 Å². The van der Waals surface area contributed by atoms with Crippen LogP contribution in [0.15, 0.2) is 48.5 Å². The summed E-state index contributed by atoms with van der Waals surface area (Å²) in [5.74, 6) is -1.42. The lowest BCUT2D eigenvalue weighted by Gasteiger charge is -2.24. The highest BCUT2D eigenvalue weighted by molar-refractivity contribution is 7.86. The van der Waals surface area contributed by atoms with Crippen molar-refractivity contribution < 1.29 is 40.8 Å². The predicted molar refractivity (Wildman–Crippen MR) is 133 cm³/mol. The molecular formula is C26H27F2NO7S. The fraction of sp³-hybridized carbons (Fsp3) is 0.308. The molecule has 1 N–H and O–H groups in total. The number of aromatic nitrogens is 1. The van der Waals surface area contributed by atoms with Crippen LogP contribution in [0, 0.1) is 12.7 Å². The summed E-state index contributed by atoms with van der Waals surface area (Å²) in [5.41, 5.74) is 0.501. The van der Waals surface area contributed by atoms with E-state index in [0.29, 0.717) is 28.3 Å². The molecule has 8 nitrogen and oxygen atoms in total. The minimum Gasteiger partial charge on any atom is -0.494 e. The number of carbonyl (C=O) groups is 1. The summed E-state index contributed by atoms with van der Waals surface area (Å²) in [6, 6.07) is 11.8. The van der Waals surface area contributed by atoms with Gasteiger partial charge in [0.1, 0.15) is 22.9 Å². The Bertz CT molecular complexity index is 1410. The van der Waals surface area contributed by atoms with Crippen LogP contribution in [0.5, 0.6) is 17.2 Å². The second-order valence-electron chi connectivity index (χ2n) is 8.58. The highest BCUT2D eigenvalue weighted by atomic mass is 32.3. The lowest BCUT2D eigenvalue weighted by molar-refractivity contribution is 0.0397. The summed E-state index contributed by atoms with van der Waals surface area (Å²) in [6.45, 7) is 3.16. The minimum absolute atomic E-state index is 0.0215. The summed E-state index contributed by atoms with van der Waals surface area (Å²) in [4.78, 5) is 17.4. The molecule has 0 spiro atoms. The van der Waals surface area contributed by atoms with Crippen LogP contribution in [0.4, 0.5) is 8.28 Å². The van der Waals surface area contributed by atoms with Gasteiger partial charge >= 0.3 is 10.2 Å². The molecule has 3 aromatic rings. The van der Waals surface area contributed by atoms with Gasteiger partial charge in [-0.15, -0.1) is 3.89 Å². The average Bonchev–Trinajstić information content (AvgIpc) is 2.86. The van der Waals surface area contributed by atoms with Crippen LogP contribution in [0.3, 0.4) is 0 Å². The van der Waals surface area contributed by atoms with E-state index in [1.54, 1.807) is 31.2 Å². The number of methoxy groups -OCH3 is 2. The molecule has 198 valence electrons. The Kier molecular flexibility index (Phi) is 8.49. The standard InChI is InChI=1S/C26H27F2NO7S/c1-16-13-18(5-7-19(16)27)25-22(34-3)9-10-24(29-25)26(2,31)12-11-20(30)17-6-8-21(23(14-17)35-4)36-15-37(28,32)33/h5-10,13-14,31H,11-12,15H2,1-4H3. The molecule has 37 heavy (non-hydrogen) atoms. The number of hydrogen-bond donors (Lipinski definition) is 1. The number of rotatable bonds is 11. The van der Waals surface area contributed by atoms with Crippen molar-refractivity contribution >= 4 is 16.0 Å². The maximum Gasteiger partial charge on any atom is 0.337 e. The van der Waals surface area contributed by atoms with Gasteiger partial charge < -0.3 is 19.3 Å². The third-order valence-corrected chi connectivity index (χ3v) is 6.14. The molecule has 0 fully saturated rings. The van der Waals surface area contributed by atoms with Crippen LogP contribution in [0.1, 0.15) is 41.4 Å². The first-order chi connectivity index (χ1) is 17.3. The fourth-order valence-electron chi connectivity index (χ4n) is 3.63. The second kappa shape index (κ2) is 11.2. The summed E-state index contributed by atoms with van der Waals surface area (Å²) in [6.07, 6.45) is -0.0401. The van der Waals surface area contributed by atoms with Gasteiger partial charge in [-0.2, -0.15) is 8.42 Å². The second-order valence-corrected chi connectivity index (χ2v) is 9.89. The molecule has 0 aliphatic rings. The number of aliphatic hydroxyl groups is 1. The van der Waals surface area contributed by atoms with Crippen molar-refractivity contribution in [2.45, 2.75) is 32.3 Å². The van der Waals surface area contributed by atoms with Crippen molar-refractivity contribution in [2.75, 3.05) is 20.2 Å². The Morgan fingerprint density at radius 1 is 1.03 bits per heavy atom. The lowest BCUT2D eigenvalue weighted by Crippen LogP contribution is -2.24. The van der Waals surface area contributed by atoms with Crippen LogP contribution in [0.25, 0.3) is 11.3 Å². The molecule has 0 radical (unpaired) electrons. The van der Waals surface area contributed by atoms with Crippen molar-refractivity contribution in [1.29, 1.82) is 0 Å². The van der Waals surface area contributed by atoms with Crippen LogP contribution >= 0.6 is 0 Å². The third-order valence-electron chi connectivity index (χ3n) is 5.74. The summed E-state index contributed by atoms with van der Waals surface area (Å²) < 4.78 is 63.3. The van der Waals surface area contributed by atoms with E-state index in [1.807, 2.05) is 0 Å². The van der Waals surface area contributed by atoms with E-state index in [1.165, 1.54) is 45.4 Å². The number of halogens is 2. The topological polar surface area (TPSA) is 112 Å². The van der Waals surface area contributed by atoms with E-state index in [-0.39, 0.29) is 41.5 Å². The number of aryl methyl sites for hydroxylation is 1. The van der Waals surface area contributed by atoms with Crippen LogP contribution < -0.4 is 14.2 Å². The molecule has 1 aromatic heterocycles. The number of Topliss-reactive ketones (excluding diaryl/α,β-unsaturated/α-hetero) is 1. The normalized spacial score (nSPS) is 13.1. The maximum absolute atomic E-state index is 13.8. The Morgan fingerprint density at radius 3 is 2.32 bits per heavy atom. The first-order valence-electron chi connectivity index (χ1n) is 11.2. The molecule has 11 heteroatoms. The number of benzene rings is 2. The average molecular weight is 536 g/mol. The van der Waals surface area contributed by atoms with Crippen molar-refractivity contribution in [3.05, 3.63) is 71.2 Å². The molecular weight excluding hydrogens is 508 g/mol. The van der Waals surface area contributed by atoms with E-state index in [4.69, 9.17) is 14.2 Å². The summed E-state index contributed by atoms with van der Waals surface area (Å²) >= 11 is 0. The third kappa shape index (κ3) is 7.01. The van der Waals surface area contributed by atoms with Gasteiger partial charge in [0.05, 0.1) is 19.9 Å². The number of nitrogens with zero attached hydrogens (tertiary/aromatic N) is 1. The Hall–Kier alpha value is -3.57. The molecule has 0 amide bonds. The molecule has 0 bridgehead atoms. The van der Waals surface area contributed by atoms with Gasteiger partial charge in [0.25, 0.3) is 0 Å². The zero-order valence-corrected chi connectivity index (χ0v) is 21.6. The highest BCUT2D eigenvalue weighted by Gasteiger charge is 2.28. The summed E-state index contributed by atoms with van der Waals surface area (Å²) in [5, 5.41) is 11.2. The summed E-state index contributed by atoms with van der Waals surface area (Å²) in [7, 11) is -2.08. The van der Waals surface area contributed by atoms with Crippen molar-refractivity contribution in [3.63, 3.8) is 0 Å². The molecule has 0 aliphatic heterocycles. The molecule has 1 unspecified atom stereocenters. The van der Waals surface area contributed by atoms with Gasteiger partial charge in [0.15, 0.2) is 17.3 Å². The SMILES string of the molecule is COc1cc(C(=O)CCC(C)(O)c2ccc(OC)c(-c3ccc(F)c(C)c3)n2)ccc1OCS(=O)(=O)F. The zero-order valence-electron chi connectivity index (χ0n) is 20.7. The molecule has 0 saturated heterocycles. The smallest absolute Gasteiger partial charge is 0.337 e. The molecule has 0 aliphatic carbocycles. The van der Waals surface area contributed by atoms with Gasteiger partial charge in [-0.1, -0.05) is 0 Å². The van der Waals surface area contributed by atoms with Gasteiger partial charge in [0.2, 0.25) is 5.94 Å². The zero-order chi connectivity index (χ0) is 27.4. The van der Waals surface area contributed by atoms with E-state index < -0.39 is 21.8 Å². The fourth-order valence-corrected chi connectivity index (χ4v) is 3.90. The maximum atomic E-state index is 13.8. The molecule has 0 saturated carbocycles. The number of hydrogen-bond acceptors (Lipinski definition) is 8. The van der Waals surface area contributed by atoms with Crippen LogP contribution in [0.2, 0.25) is 0 Å². The van der Waals surface area contributed by atoms with Crippen molar-refractivity contribution in [1.82, 2.24) is 4.98 Å². The lowest BCUT2D eigenvalue weighted by atomic mass is 9.92. The monoisotopic (exact) mass is 535 g/mol. The van der Waals surface area contributed by atoms with E-state index in [9.17, 15) is 26.6 Å². The Morgan fingerprint density at radius 2 is 1.70 bits per heavy atom. The number of ketones is 1. The molecule has 1 heterocycles. The van der Waals surface area contributed by atoms with E-state index in [0.717, 1.165) is 0 Å². The Balaban J connectivity index is 1.79. The number of carbonyl (C=O) groups excluding carboxylic acids is 1. The predicted octanol–water partition coefficient (Wildman–Crippen LogP) is 4.72. The molecule has 3 rings (SSSR count). The highest BCUT2D eigenvalue weighted by Crippen LogP contribution is 2.34. The quantitative estimate of drug-likeness (QED) is 0.277. The van der Waals surface area contributed by atoms with Crippen LogP contribution in [-0.2, 0) is 15.8 Å². The number of ether oxygens (including phenoxy) is 3.